The summed E-state index contributed by atoms with van der Waals surface area (Å²) < 4.78 is 26.3. The maximum Gasteiger partial charge on any atom is 0.469 e. The molecule has 0 aliphatic rings. The molecule has 10 heteroatoms. The number of phosphoric ester groups is 1. The lowest BCUT2D eigenvalue weighted by Crippen LogP contribution is -2.29. The Balaban J connectivity index is 4.04. The third-order valence-electron chi connectivity index (χ3n) is 8.64. The van der Waals surface area contributed by atoms with Gasteiger partial charge in [-0.25, -0.2) is 4.57 Å². The van der Waals surface area contributed by atoms with E-state index < -0.39 is 32.5 Å². The quantitative estimate of drug-likeness (QED) is 0.0187. The third-order valence-corrected chi connectivity index (χ3v) is 9.12. The summed E-state index contributed by atoms with van der Waals surface area (Å²) in [5, 5.41) is 9.45. The molecular formula is C43H75O9P. The Morgan fingerprint density at radius 2 is 1.11 bits per heavy atom. The molecule has 0 saturated carbocycles. The largest absolute Gasteiger partial charge is 0.469 e. The topological polar surface area (TPSA) is 140 Å². The van der Waals surface area contributed by atoms with Crippen LogP contribution < -0.4 is 0 Å². The zero-order valence-corrected chi connectivity index (χ0v) is 34.3. The van der Waals surface area contributed by atoms with Crippen LogP contribution in [0.5, 0.6) is 0 Å². The second-order valence-electron chi connectivity index (χ2n) is 14.3. The van der Waals surface area contributed by atoms with Gasteiger partial charge in [0.25, 0.3) is 0 Å². The van der Waals surface area contributed by atoms with Crippen LogP contribution in [0.4, 0.5) is 0 Å². The summed E-state index contributed by atoms with van der Waals surface area (Å²) >= 11 is 0. The van der Waals surface area contributed by atoms with Crippen molar-refractivity contribution in [1.82, 2.24) is 0 Å². The summed E-state index contributed by atoms with van der Waals surface area (Å²) in [5.41, 5.74) is 0. The minimum atomic E-state index is -4.78. The van der Waals surface area contributed by atoms with Crippen LogP contribution in [0.3, 0.4) is 0 Å². The van der Waals surface area contributed by atoms with E-state index in [2.05, 4.69) is 42.7 Å². The van der Waals surface area contributed by atoms with Crippen LogP contribution >= 0.6 is 7.82 Å². The first-order valence-corrected chi connectivity index (χ1v) is 22.1. The Morgan fingerprint density at radius 1 is 0.623 bits per heavy atom. The van der Waals surface area contributed by atoms with Crippen LogP contribution in [0.2, 0.25) is 0 Å². The van der Waals surface area contributed by atoms with Crippen molar-refractivity contribution in [2.75, 3.05) is 13.2 Å². The predicted octanol–water partition coefficient (Wildman–Crippen LogP) is 11.3. The summed E-state index contributed by atoms with van der Waals surface area (Å²) in [6.45, 7) is 5.64. The highest BCUT2D eigenvalue weighted by atomic mass is 31.2. The molecule has 0 amide bonds. The molecule has 0 aliphatic heterocycles. The second-order valence-corrected chi connectivity index (χ2v) is 15.5. The van der Waals surface area contributed by atoms with E-state index in [4.69, 9.17) is 19.3 Å². The van der Waals surface area contributed by atoms with Crippen molar-refractivity contribution in [3.63, 3.8) is 0 Å². The van der Waals surface area contributed by atoms with Crippen LogP contribution in [-0.2, 0) is 28.2 Å². The minimum absolute atomic E-state index is 0.174. The fraction of sp³-hybridized carbons (Fsp3) is 0.721. The lowest BCUT2D eigenvalue weighted by molar-refractivity contribution is -0.161. The zero-order chi connectivity index (χ0) is 39.3. The van der Waals surface area contributed by atoms with Crippen molar-refractivity contribution in [3.8, 4) is 0 Å². The van der Waals surface area contributed by atoms with Gasteiger partial charge in [0.1, 0.15) is 6.61 Å². The number of hydrogen-bond donors (Lipinski definition) is 3. The Morgan fingerprint density at radius 3 is 1.64 bits per heavy atom. The molecule has 0 aromatic carbocycles. The lowest BCUT2D eigenvalue weighted by atomic mass is 10.0. The van der Waals surface area contributed by atoms with E-state index in [9.17, 15) is 19.3 Å². The van der Waals surface area contributed by atoms with Gasteiger partial charge in [-0.2, -0.15) is 0 Å². The minimum Gasteiger partial charge on any atom is -0.462 e. The Labute approximate surface area is 322 Å². The first kappa shape index (κ1) is 50.7. The maximum atomic E-state index is 12.4. The molecule has 0 fully saturated rings. The number of phosphoric acid groups is 1. The van der Waals surface area contributed by atoms with Gasteiger partial charge in [-0.1, -0.05) is 171 Å². The molecule has 0 aromatic heterocycles. The molecule has 3 N–H and O–H groups in total. The van der Waals surface area contributed by atoms with Crippen LogP contribution in [0.25, 0.3) is 0 Å². The van der Waals surface area contributed by atoms with E-state index >= 15 is 0 Å². The number of rotatable bonds is 36. The molecule has 0 radical (unpaired) electrons. The van der Waals surface area contributed by atoms with Gasteiger partial charge in [-0.15, -0.1) is 0 Å². The van der Waals surface area contributed by atoms with E-state index in [0.29, 0.717) is 25.7 Å². The molecule has 306 valence electrons. The van der Waals surface area contributed by atoms with E-state index in [1.807, 2.05) is 37.3 Å². The second kappa shape index (κ2) is 36.7. The number of hydrogen-bond acceptors (Lipinski definition) is 7. The standard InChI is InChI=1S/C43H75O9P/c1-4-40(44)34-30-26-22-18-14-10-6-8-11-15-19-23-27-31-35-42(45)50-37-41(38-51-53(47,48)49)52-43(46)36-32-28-24-20-16-12-7-5-9-13-17-21-25-29-33-39(2)3/h8,10-11,14,19,22-23,26,30,34,39-41,44H,4-7,9,12-13,15-18,20-21,24-25,27-29,31-33,35-38H2,1-3H3,(H2,47,48,49)/b11-8-,14-10-,23-19-,26-22-,34-30+/t40-,41+/m0/s1. The summed E-state index contributed by atoms with van der Waals surface area (Å²) in [6, 6.07) is 0. The number of aliphatic hydroxyl groups is 1. The SMILES string of the molecule is CC[C@H](O)/C=C/C=C\C/C=C\C/C=C\C/C=C\CCCC(=O)OC[C@H](COP(=O)(O)O)OC(=O)CCCCCCCCCCCCCCCCC(C)C. The van der Waals surface area contributed by atoms with Gasteiger partial charge >= 0.3 is 19.8 Å². The summed E-state index contributed by atoms with van der Waals surface area (Å²) in [6.07, 6.45) is 41.9. The van der Waals surface area contributed by atoms with E-state index in [0.717, 1.165) is 44.4 Å². The molecular weight excluding hydrogens is 691 g/mol. The van der Waals surface area contributed by atoms with Crippen molar-refractivity contribution >= 4 is 19.8 Å². The molecule has 0 rings (SSSR count). The van der Waals surface area contributed by atoms with Gasteiger partial charge in [0.2, 0.25) is 0 Å². The average Bonchev–Trinajstić information content (AvgIpc) is 3.11. The van der Waals surface area contributed by atoms with Gasteiger partial charge in [0, 0.05) is 12.8 Å². The fourth-order valence-corrected chi connectivity index (χ4v) is 5.79. The molecule has 0 heterocycles. The molecule has 0 aliphatic carbocycles. The van der Waals surface area contributed by atoms with Crippen molar-refractivity contribution < 1.29 is 43.0 Å². The van der Waals surface area contributed by atoms with E-state index in [1.54, 1.807) is 6.08 Å². The molecule has 0 saturated heterocycles. The van der Waals surface area contributed by atoms with Gasteiger partial charge in [-0.3, -0.25) is 14.1 Å². The molecule has 0 aromatic rings. The zero-order valence-electron chi connectivity index (χ0n) is 33.4. The molecule has 53 heavy (non-hydrogen) atoms. The van der Waals surface area contributed by atoms with E-state index in [-0.39, 0.29) is 25.6 Å². The van der Waals surface area contributed by atoms with Crippen LogP contribution in [-0.4, -0.2) is 52.3 Å². The number of ether oxygens (including phenoxy) is 2. The van der Waals surface area contributed by atoms with Crippen molar-refractivity contribution in [2.24, 2.45) is 5.92 Å². The van der Waals surface area contributed by atoms with Crippen molar-refractivity contribution in [3.05, 3.63) is 60.8 Å². The highest BCUT2D eigenvalue weighted by Crippen LogP contribution is 2.36. The monoisotopic (exact) mass is 767 g/mol. The molecule has 2 atom stereocenters. The van der Waals surface area contributed by atoms with E-state index in [1.165, 1.54) is 70.6 Å². The van der Waals surface area contributed by atoms with Gasteiger partial charge in [0.15, 0.2) is 6.10 Å². The number of allylic oxidation sites excluding steroid dienone is 9. The lowest BCUT2D eigenvalue weighted by Gasteiger charge is -2.18. The summed E-state index contributed by atoms with van der Waals surface area (Å²) in [5.74, 6) is -0.149. The van der Waals surface area contributed by atoms with Crippen molar-refractivity contribution in [1.29, 1.82) is 0 Å². The number of aliphatic hydroxyl groups excluding tert-OH is 1. The van der Waals surface area contributed by atoms with Gasteiger partial charge in [0.05, 0.1) is 12.7 Å². The predicted molar refractivity (Wildman–Crippen MR) is 217 cm³/mol. The maximum absolute atomic E-state index is 12.4. The molecule has 9 nitrogen and oxygen atoms in total. The average molecular weight is 767 g/mol. The molecule has 0 bridgehead atoms. The molecule has 0 unspecified atom stereocenters. The molecule has 0 spiro atoms. The van der Waals surface area contributed by atoms with Gasteiger partial charge in [-0.05, 0) is 50.9 Å². The van der Waals surface area contributed by atoms with Crippen LogP contribution in [0.1, 0.15) is 168 Å². The smallest absolute Gasteiger partial charge is 0.462 e. The number of carbonyl (C=O) groups excluding carboxylic acids is 2. The highest BCUT2D eigenvalue weighted by Gasteiger charge is 2.22. The summed E-state index contributed by atoms with van der Waals surface area (Å²) in [7, 11) is -4.78. The van der Waals surface area contributed by atoms with Crippen molar-refractivity contribution in [2.45, 2.75) is 181 Å². The van der Waals surface area contributed by atoms with Crippen LogP contribution in [0.15, 0.2) is 60.8 Å². The first-order valence-electron chi connectivity index (χ1n) is 20.5. The summed E-state index contributed by atoms with van der Waals surface area (Å²) in [4.78, 5) is 42.8. The normalized spacial score (nSPS) is 13.8. The first-order chi connectivity index (χ1) is 25.5. The van der Waals surface area contributed by atoms with Crippen LogP contribution in [0, 0.1) is 5.92 Å². The Hall–Kier alpha value is -2.29. The third kappa shape index (κ3) is 40.7. The number of carbonyl (C=O) groups is 2. The highest BCUT2D eigenvalue weighted by molar-refractivity contribution is 7.46. The number of esters is 2. The van der Waals surface area contributed by atoms with Gasteiger partial charge < -0.3 is 24.4 Å². The Bertz CT molecular complexity index is 1070. The number of unbranched alkanes of at least 4 members (excludes halogenated alkanes) is 14. The fourth-order valence-electron chi connectivity index (χ4n) is 5.43. The Kier molecular flexibility index (Phi) is 35.1.